The fourth-order valence-corrected chi connectivity index (χ4v) is 6.85. The molecule has 16 heteroatoms. The van der Waals surface area contributed by atoms with Crippen LogP contribution in [0.1, 0.15) is 44.9 Å². The number of alkyl halides is 3. The number of carbonyl (C=O) groups excluding carboxylic acids is 2. The van der Waals surface area contributed by atoms with Gasteiger partial charge in [-0.05, 0) is 56.9 Å². The number of anilines is 2. The molecule has 3 heterocycles. The average Bonchev–Trinajstić information content (AvgIpc) is 3.37. The minimum absolute atomic E-state index is 0.0108. The van der Waals surface area contributed by atoms with Gasteiger partial charge in [-0.3, -0.25) is 19.1 Å². The minimum atomic E-state index is -4.83. The number of rotatable bonds is 9. The number of ether oxygens (including phenoxy) is 3. The fourth-order valence-electron chi connectivity index (χ4n) is 5.04. The largest absolute Gasteiger partial charge is 0.484 e. The van der Waals surface area contributed by atoms with Crippen molar-refractivity contribution in [3.05, 3.63) is 59.8 Å². The molecule has 248 valence electrons. The Bertz CT molecular complexity index is 1710. The van der Waals surface area contributed by atoms with Gasteiger partial charge in [0.2, 0.25) is 11.5 Å². The van der Waals surface area contributed by atoms with Crippen LogP contribution in [0, 0.1) is 0 Å². The molecule has 1 aromatic heterocycles. The Morgan fingerprint density at radius 2 is 1.85 bits per heavy atom. The number of sulfonamides is 1. The third-order valence-electron chi connectivity index (χ3n) is 7.53. The van der Waals surface area contributed by atoms with Gasteiger partial charge >= 0.3 is 12.3 Å². The Morgan fingerprint density at radius 3 is 2.54 bits per heavy atom. The molecule has 2 aliphatic heterocycles. The first kappa shape index (κ1) is 32.9. The topological polar surface area (TPSA) is 141 Å². The summed E-state index contributed by atoms with van der Waals surface area (Å²) < 4.78 is 88.5. The molecule has 2 aliphatic rings. The molecule has 2 amide bonds. The molecular formula is C30H34F3N5O7S. The van der Waals surface area contributed by atoms with Crippen LogP contribution < -0.4 is 24.4 Å². The maximum atomic E-state index is 14.6. The van der Waals surface area contributed by atoms with Crippen molar-refractivity contribution in [1.82, 2.24) is 15.1 Å². The van der Waals surface area contributed by atoms with Crippen molar-refractivity contribution in [3.63, 3.8) is 0 Å². The summed E-state index contributed by atoms with van der Waals surface area (Å²) in [6.45, 7) is 3.05. The number of carbonyl (C=O) groups is 2. The predicted octanol–water partition coefficient (Wildman–Crippen LogP) is 4.78. The number of nitrogens with one attached hydrogen (secondary N) is 2. The van der Waals surface area contributed by atoms with E-state index in [4.69, 9.17) is 9.47 Å². The Labute approximate surface area is 263 Å². The molecule has 0 unspecified atom stereocenters. The molecule has 0 fully saturated rings. The standard InChI is InChI=1S/C30H34F3N5O7S/c1-19(39)34-16-22-17-38(24-15-21(12-13-25(24)44-22)35-28(40)45-29(2,3)30(31,32)33)46(41,42)26-23-11-7-8-14-37(23)36-27(26)43-18-20-9-5-4-6-10-20/h4-6,9-10,12-13,15,22H,7-8,11,14,16-18H2,1-3H3,(H,34,39)(H,35,40)/t22-/m0/s1. The number of hydrogen-bond donors (Lipinski definition) is 2. The molecule has 2 aromatic carbocycles. The number of halogens is 3. The van der Waals surface area contributed by atoms with E-state index < -0.39 is 34.0 Å². The van der Waals surface area contributed by atoms with Gasteiger partial charge in [0.25, 0.3) is 15.9 Å². The second-order valence-electron chi connectivity index (χ2n) is 11.5. The van der Waals surface area contributed by atoms with Gasteiger partial charge in [0.15, 0.2) is 4.90 Å². The molecule has 3 aromatic rings. The Morgan fingerprint density at radius 1 is 1.11 bits per heavy atom. The van der Waals surface area contributed by atoms with Crippen molar-refractivity contribution in [2.45, 2.75) is 76.0 Å². The number of aryl methyl sites for hydroxylation is 1. The van der Waals surface area contributed by atoms with E-state index >= 15 is 0 Å². The van der Waals surface area contributed by atoms with Crippen molar-refractivity contribution in [3.8, 4) is 11.6 Å². The lowest BCUT2D eigenvalue weighted by molar-refractivity contribution is -0.242. The SMILES string of the molecule is CC(=O)NC[C@H]1CN(S(=O)(=O)c2c(OCc3ccccc3)nn3c2CCCC3)c2cc(NC(=O)OC(C)(C)C(F)(F)F)ccc2O1. The summed E-state index contributed by atoms with van der Waals surface area (Å²) in [7, 11) is -4.43. The lowest BCUT2D eigenvalue weighted by atomic mass is 10.1. The van der Waals surface area contributed by atoms with Crippen molar-refractivity contribution in [1.29, 1.82) is 0 Å². The molecular weight excluding hydrogens is 631 g/mol. The van der Waals surface area contributed by atoms with E-state index in [1.807, 2.05) is 30.3 Å². The molecule has 0 radical (unpaired) electrons. The van der Waals surface area contributed by atoms with Gasteiger partial charge in [0.05, 0.1) is 24.5 Å². The highest BCUT2D eigenvalue weighted by molar-refractivity contribution is 7.93. The molecule has 0 saturated carbocycles. The first-order valence-corrected chi connectivity index (χ1v) is 16.0. The number of hydrogen-bond acceptors (Lipinski definition) is 8. The average molecular weight is 666 g/mol. The number of amides is 2. The quantitative estimate of drug-likeness (QED) is 0.333. The van der Waals surface area contributed by atoms with Crippen molar-refractivity contribution in [2.24, 2.45) is 0 Å². The zero-order valence-corrected chi connectivity index (χ0v) is 26.2. The van der Waals surface area contributed by atoms with Gasteiger partial charge < -0.3 is 19.5 Å². The van der Waals surface area contributed by atoms with E-state index in [0.717, 1.165) is 22.7 Å². The third kappa shape index (κ3) is 7.00. The van der Waals surface area contributed by atoms with Gasteiger partial charge in [0, 0.05) is 19.2 Å². The van der Waals surface area contributed by atoms with Crippen LogP contribution in [0.4, 0.5) is 29.3 Å². The Kier molecular flexibility index (Phi) is 9.11. The number of fused-ring (bicyclic) bond motifs is 2. The van der Waals surface area contributed by atoms with Crippen LogP contribution in [-0.2, 0) is 39.1 Å². The lowest BCUT2D eigenvalue weighted by Gasteiger charge is -2.36. The van der Waals surface area contributed by atoms with Crippen LogP contribution in [0.5, 0.6) is 11.6 Å². The maximum Gasteiger partial charge on any atom is 0.427 e. The molecule has 0 saturated heterocycles. The van der Waals surface area contributed by atoms with E-state index in [1.54, 1.807) is 4.68 Å². The number of aromatic nitrogens is 2. The predicted molar refractivity (Wildman–Crippen MR) is 160 cm³/mol. The molecule has 1 atom stereocenters. The molecule has 46 heavy (non-hydrogen) atoms. The second kappa shape index (κ2) is 12.7. The molecule has 5 rings (SSSR count). The molecule has 2 N–H and O–H groups in total. The highest BCUT2D eigenvalue weighted by atomic mass is 32.2. The highest BCUT2D eigenvalue weighted by Gasteiger charge is 2.51. The van der Waals surface area contributed by atoms with Gasteiger partial charge in [0.1, 0.15) is 18.5 Å². The number of benzene rings is 2. The molecule has 12 nitrogen and oxygen atoms in total. The second-order valence-corrected chi connectivity index (χ2v) is 13.3. The van der Waals surface area contributed by atoms with Crippen LogP contribution >= 0.6 is 0 Å². The van der Waals surface area contributed by atoms with Gasteiger partial charge in [-0.15, -0.1) is 5.10 Å². The summed E-state index contributed by atoms with van der Waals surface area (Å²) in [6, 6.07) is 13.2. The lowest BCUT2D eigenvalue weighted by Crippen LogP contribution is -2.48. The summed E-state index contributed by atoms with van der Waals surface area (Å²) >= 11 is 0. The van der Waals surface area contributed by atoms with Crippen LogP contribution in [0.25, 0.3) is 0 Å². The highest BCUT2D eigenvalue weighted by Crippen LogP contribution is 2.42. The van der Waals surface area contributed by atoms with Crippen LogP contribution in [0.2, 0.25) is 0 Å². The van der Waals surface area contributed by atoms with Crippen LogP contribution in [0.3, 0.4) is 0 Å². The smallest absolute Gasteiger partial charge is 0.427 e. The van der Waals surface area contributed by atoms with Crippen molar-refractivity contribution < 1.29 is 45.4 Å². The Balaban J connectivity index is 1.52. The van der Waals surface area contributed by atoms with Gasteiger partial charge in [-0.25, -0.2) is 13.2 Å². The zero-order chi connectivity index (χ0) is 33.3. The molecule has 0 aliphatic carbocycles. The van der Waals surface area contributed by atoms with Crippen molar-refractivity contribution >= 4 is 33.4 Å². The Hall–Kier alpha value is -4.47. The van der Waals surface area contributed by atoms with E-state index in [1.165, 1.54) is 25.1 Å². The summed E-state index contributed by atoms with van der Waals surface area (Å²) in [5.74, 6) is -0.308. The minimum Gasteiger partial charge on any atom is -0.484 e. The first-order valence-electron chi connectivity index (χ1n) is 14.6. The summed E-state index contributed by atoms with van der Waals surface area (Å²) in [5.41, 5.74) is -1.52. The van der Waals surface area contributed by atoms with E-state index in [9.17, 15) is 31.2 Å². The van der Waals surface area contributed by atoms with Gasteiger partial charge in [-0.2, -0.15) is 13.2 Å². The van der Waals surface area contributed by atoms with Crippen LogP contribution in [0.15, 0.2) is 53.4 Å². The maximum absolute atomic E-state index is 14.6. The first-order chi connectivity index (χ1) is 21.7. The van der Waals surface area contributed by atoms with Crippen LogP contribution in [-0.4, -0.2) is 61.2 Å². The van der Waals surface area contributed by atoms with Gasteiger partial charge in [-0.1, -0.05) is 30.3 Å². The summed E-state index contributed by atoms with van der Waals surface area (Å²) in [6.07, 6.45) is -5.04. The molecule has 0 bridgehead atoms. The monoisotopic (exact) mass is 665 g/mol. The zero-order valence-electron chi connectivity index (χ0n) is 25.4. The van der Waals surface area contributed by atoms with E-state index in [0.29, 0.717) is 32.5 Å². The third-order valence-corrected chi connectivity index (χ3v) is 9.38. The van der Waals surface area contributed by atoms with E-state index in [2.05, 4.69) is 20.5 Å². The van der Waals surface area contributed by atoms with Crippen molar-refractivity contribution in [2.75, 3.05) is 22.7 Å². The molecule has 0 spiro atoms. The van der Waals surface area contributed by atoms with E-state index in [-0.39, 0.29) is 53.5 Å². The normalized spacial score (nSPS) is 16.5. The summed E-state index contributed by atoms with van der Waals surface area (Å²) in [4.78, 5) is 24.0. The fraction of sp³-hybridized carbons (Fsp3) is 0.433. The summed E-state index contributed by atoms with van der Waals surface area (Å²) in [5, 5.41) is 9.38. The number of nitrogens with zero attached hydrogens (tertiary/aromatic N) is 3.